The van der Waals surface area contributed by atoms with Crippen LogP contribution in [0, 0.1) is 5.82 Å². The average Bonchev–Trinajstić information content (AvgIpc) is 3.60. The number of anilines is 1. The van der Waals surface area contributed by atoms with Gasteiger partial charge in [-0.1, -0.05) is 13.8 Å². The number of carboxylic acid groups (broad SMARTS) is 1. The molecule has 1 saturated carbocycles. The lowest BCUT2D eigenvalue weighted by Gasteiger charge is -2.40. The second-order valence-electron chi connectivity index (χ2n) is 7.86. The summed E-state index contributed by atoms with van der Waals surface area (Å²) in [5.41, 5.74) is -2.08. The molecule has 2 aliphatic rings. The number of β-amino-alcohol motifs (C(OH)–C–C–N with tert-alkyl or cyclic N) is 1. The first-order chi connectivity index (χ1) is 14.8. The number of hydrogen-bond acceptors (Lipinski definition) is 6. The molecule has 8 nitrogen and oxygen atoms in total. The Bertz CT molecular complexity index is 1050. The Labute approximate surface area is 179 Å². The molecule has 1 atom stereocenters. The lowest BCUT2D eigenvalue weighted by atomic mass is 9.93. The van der Waals surface area contributed by atoms with Gasteiger partial charge in [0, 0.05) is 25.3 Å². The van der Waals surface area contributed by atoms with E-state index in [0.29, 0.717) is 24.9 Å². The summed E-state index contributed by atoms with van der Waals surface area (Å²) in [6.07, 6.45) is 3.88. The molecule has 0 bridgehead atoms. The Hall–Kier alpha value is -2.65. The third-order valence-electron chi connectivity index (χ3n) is 5.74. The first-order valence-corrected chi connectivity index (χ1v) is 10.6. The van der Waals surface area contributed by atoms with E-state index in [9.17, 15) is 24.9 Å². The zero-order valence-corrected chi connectivity index (χ0v) is 18.0. The Morgan fingerprint density at radius 1 is 1.35 bits per heavy atom. The summed E-state index contributed by atoms with van der Waals surface area (Å²) in [5.74, 6) is -1.97. The van der Waals surface area contributed by atoms with Crippen LogP contribution in [-0.4, -0.2) is 58.3 Å². The van der Waals surface area contributed by atoms with Crippen molar-refractivity contribution in [2.75, 3.05) is 31.7 Å². The average molecular weight is 436 g/mol. The highest BCUT2D eigenvalue weighted by Crippen LogP contribution is 2.44. The molecule has 2 fully saturated rings. The lowest BCUT2D eigenvalue weighted by Crippen LogP contribution is -2.50. The highest BCUT2D eigenvalue weighted by atomic mass is 19.1. The molecule has 1 aliphatic carbocycles. The van der Waals surface area contributed by atoms with Crippen molar-refractivity contribution < 1.29 is 29.2 Å². The van der Waals surface area contributed by atoms with Crippen LogP contribution < -0.4 is 15.1 Å². The fraction of sp³-hybridized carbons (Fsp3) is 0.545. The Balaban J connectivity index is 0.00000132. The number of piperidine rings is 1. The highest BCUT2D eigenvalue weighted by Gasteiger charge is 2.36. The molecule has 1 unspecified atom stereocenters. The van der Waals surface area contributed by atoms with Crippen molar-refractivity contribution in [3.63, 3.8) is 0 Å². The molecule has 1 saturated heterocycles. The number of halogens is 1. The normalized spacial score (nSPS) is 20.9. The van der Waals surface area contributed by atoms with E-state index in [2.05, 4.69) is 0 Å². The van der Waals surface area contributed by atoms with Gasteiger partial charge in [-0.3, -0.25) is 4.79 Å². The molecule has 1 aliphatic heterocycles. The van der Waals surface area contributed by atoms with E-state index < -0.39 is 35.0 Å². The molecule has 1 aromatic carbocycles. The van der Waals surface area contributed by atoms with E-state index in [1.165, 1.54) is 13.3 Å². The predicted molar refractivity (Wildman–Crippen MR) is 115 cm³/mol. The molecular weight excluding hydrogens is 407 g/mol. The van der Waals surface area contributed by atoms with Gasteiger partial charge < -0.3 is 29.5 Å². The first-order valence-electron chi connectivity index (χ1n) is 10.6. The quantitative estimate of drug-likeness (QED) is 0.660. The summed E-state index contributed by atoms with van der Waals surface area (Å²) in [5, 5.41) is 29.4. The minimum Gasteiger partial charge on any atom is -0.492 e. The van der Waals surface area contributed by atoms with Gasteiger partial charge in [-0.25, -0.2) is 9.18 Å². The van der Waals surface area contributed by atoms with Crippen LogP contribution in [0.4, 0.5) is 10.1 Å². The zero-order chi connectivity index (χ0) is 22.9. The SMILES string of the molecule is CC.COc1c(N2CCCC(O)(CO)C2)c(F)cc2c(=O)c(C(=O)O)cn(C3CC3)c12. The van der Waals surface area contributed by atoms with Gasteiger partial charge in [0.25, 0.3) is 0 Å². The van der Waals surface area contributed by atoms with Gasteiger partial charge in [0.2, 0.25) is 5.43 Å². The second-order valence-corrected chi connectivity index (χ2v) is 7.86. The van der Waals surface area contributed by atoms with Crippen LogP contribution >= 0.6 is 0 Å². The number of aliphatic hydroxyl groups excluding tert-OH is 1. The minimum absolute atomic E-state index is 0.0131. The van der Waals surface area contributed by atoms with Crippen LogP contribution in [0.1, 0.15) is 55.9 Å². The van der Waals surface area contributed by atoms with E-state index in [1.54, 1.807) is 9.47 Å². The Kier molecular flexibility index (Phi) is 6.56. The topological polar surface area (TPSA) is 112 Å². The monoisotopic (exact) mass is 436 g/mol. The van der Waals surface area contributed by atoms with Gasteiger partial charge in [0.05, 0.1) is 24.6 Å². The van der Waals surface area contributed by atoms with Crippen molar-refractivity contribution in [3.8, 4) is 5.75 Å². The molecule has 1 aromatic heterocycles. The number of rotatable bonds is 5. The second kappa shape index (κ2) is 8.84. The molecule has 2 aromatic rings. The van der Waals surface area contributed by atoms with Crippen molar-refractivity contribution in [2.45, 2.75) is 51.2 Å². The molecule has 0 radical (unpaired) electrons. The predicted octanol–water partition coefficient (Wildman–Crippen LogP) is 2.53. The Morgan fingerprint density at radius 3 is 2.58 bits per heavy atom. The highest BCUT2D eigenvalue weighted by molar-refractivity contribution is 5.97. The largest absolute Gasteiger partial charge is 0.492 e. The lowest BCUT2D eigenvalue weighted by molar-refractivity contribution is -0.0242. The van der Waals surface area contributed by atoms with Crippen molar-refractivity contribution in [3.05, 3.63) is 33.9 Å². The van der Waals surface area contributed by atoms with Gasteiger partial charge in [0.15, 0.2) is 11.6 Å². The fourth-order valence-electron chi connectivity index (χ4n) is 4.16. The number of methoxy groups -OCH3 is 1. The smallest absolute Gasteiger partial charge is 0.341 e. The van der Waals surface area contributed by atoms with Crippen LogP contribution in [0.3, 0.4) is 0 Å². The van der Waals surface area contributed by atoms with E-state index in [0.717, 1.165) is 18.9 Å². The maximum absolute atomic E-state index is 15.2. The van der Waals surface area contributed by atoms with Crippen LogP contribution in [0.15, 0.2) is 17.1 Å². The molecule has 9 heteroatoms. The number of benzene rings is 1. The van der Waals surface area contributed by atoms with Crippen LogP contribution in [0.25, 0.3) is 10.9 Å². The maximum atomic E-state index is 15.2. The van der Waals surface area contributed by atoms with Crippen LogP contribution in [0.5, 0.6) is 5.75 Å². The number of pyridine rings is 1. The maximum Gasteiger partial charge on any atom is 0.341 e. The number of aromatic nitrogens is 1. The number of nitrogens with zero attached hydrogens (tertiary/aromatic N) is 2. The standard InChI is InChI=1S/C20H23FN2O6.C2H6/c1-29-18-15-12(17(25)13(19(26)27)8-23(15)11-3-4-11)7-14(21)16(18)22-6-2-5-20(28,9-22)10-24;1-2/h7-8,11,24,28H,2-6,9-10H2,1H3,(H,26,27);1-2H3. The number of aliphatic hydroxyl groups is 2. The number of hydrogen-bond donors (Lipinski definition) is 3. The van der Waals surface area contributed by atoms with Crippen LogP contribution in [-0.2, 0) is 0 Å². The van der Waals surface area contributed by atoms with Gasteiger partial charge in [0.1, 0.15) is 16.9 Å². The molecule has 170 valence electrons. The minimum atomic E-state index is -1.36. The van der Waals surface area contributed by atoms with Gasteiger partial charge >= 0.3 is 5.97 Å². The molecule has 0 spiro atoms. The van der Waals surface area contributed by atoms with Crippen LogP contribution in [0.2, 0.25) is 0 Å². The first kappa shape index (κ1) is 23.0. The van der Waals surface area contributed by atoms with Crippen molar-refractivity contribution >= 4 is 22.6 Å². The number of fused-ring (bicyclic) bond motifs is 1. The summed E-state index contributed by atoms with van der Waals surface area (Å²) in [6, 6.07) is 1.06. The number of carboxylic acids is 1. The molecule has 31 heavy (non-hydrogen) atoms. The van der Waals surface area contributed by atoms with Crippen molar-refractivity contribution in [1.29, 1.82) is 0 Å². The summed E-state index contributed by atoms with van der Waals surface area (Å²) in [4.78, 5) is 25.9. The van der Waals surface area contributed by atoms with Crippen molar-refractivity contribution in [1.82, 2.24) is 4.57 Å². The summed E-state index contributed by atoms with van der Waals surface area (Å²) in [7, 11) is 1.37. The fourth-order valence-corrected chi connectivity index (χ4v) is 4.16. The molecule has 0 amide bonds. The summed E-state index contributed by atoms with van der Waals surface area (Å²) < 4.78 is 22.4. The molecule has 2 heterocycles. The number of ether oxygens (including phenoxy) is 1. The zero-order valence-electron chi connectivity index (χ0n) is 18.0. The van der Waals surface area contributed by atoms with Gasteiger partial charge in [-0.05, 0) is 31.7 Å². The number of aromatic carboxylic acids is 1. The van der Waals surface area contributed by atoms with E-state index in [1.807, 2.05) is 13.8 Å². The molecule has 4 rings (SSSR count). The van der Waals surface area contributed by atoms with Crippen molar-refractivity contribution in [2.24, 2.45) is 0 Å². The van der Waals surface area contributed by atoms with E-state index in [-0.39, 0.29) is 29.4 Å². The van der Waals surface area contributed by atoms with Gasteiger partial charge in [-0.2, -0.15) is 0 Å². The third-order valence-corrected chi connectivity index (χ3v) is 5.74. The summed E-state index contributed by atoms with van der Waals surface area (Å²) in [6.45, 7) is 4.01. The van der Waals surface area contributed by atoms with E-state index >= 15 is 4.39 Å². The molecular formula is C22H29FN2O6. The Morgan fingerprint density at radius 2 is 2.03 bits per heavy atom. The summed E-state index contributed by atoms with van der Waals surface area (Å²) >= 11 is 0. The number of carbonyl (C=O) groups is 1. The third kappa shape index (κ3) is 4.12. The van der Waals surface area contributed by atoms with E-state index in [4.69, 9.17) is 4.74 Å². The molecule has 3 N–H and O–H groups in total. The van der Waals surface area contributed by atoms with Gasteiger partial charge in [-0.15, -0.1) is 0 Å².